The van der Waals surface area contributed by atoms with Crippen molar-refractivity contribution in [3.8, 4) is 0 Å². The molecule has 0 amide bonds. The molecule has 3 nitrogen and oxygen atoms in total. The Morgan fingerprint density at radius 1 is 1.29 bits per heavy atom. The Morgan fingerprint density at radius 3 is 2.14 bits per heavy atom. The highest BCUT2D eigenvalue weighted by Crippen LogP contribution is 1.99. The van der Waals surface area contributed by atoms with E-state index in [4.69, 9.17) is 5.73 Å². The summed E-state index contributed by atoms with van der Waals surface area (Å²) in [4.78, 5) is 3.71. The van der Waals surface area contributed by atoms with Crippen molar-refractivity contribution in [2.24, 2.45) is 10.7 Å². The summed E-state index contributed by atoms with van der Waals surface area (Å²) in [5.74, 6) is -1.07. The van der Waals surface area contributed by atoms with Gasteiger partial charge in [-0.3, -0.25) is 0 Å². The maximum absolute atomic E-state index is 11.9. The van der Waals surface area contributed by atoms with Crippen LogP contribution in [-0.2, 0) is 4.74 Å². The van der Waals surface area contributed by atoms with Crippen LogP contribution in [0.25, 0.3) is 0 Å². The molecule has 1 aromatic rings. The Kier molecular flexibility index (Phi) is 3.84. The van der Waals surface area contributed by atoms with Crippen molar-refractivity contribution >= 4 is 6.02 Å². The summed E-state index contributed by atoms with van der Waals surface area (Å²) in [6.07, 6.45) is 0. The first kappa shape index (κ1) is 10.4. The number of hydrogen-bond donors (Lipinski definition) is 1. The van der Waals surface area contributed by atoms with Crippen LogP contribution in [0.2, 0.25) is 0 Å². The molecule has 2 N–H and O–H groups in total. The van der Waals surface area contributed by atoms with Gasteiger partial charge in [0.15, 0.2) is 0 Å². The van der Waals surface area contributed by atoms with Crippen LogP contribution < -0.4 is 5.73 Å². The molecule has 5 heteroatoms. The first-order valence-electron chi connectivity index (χ1n) is 4.02. The fraction of sp³-hybridized carbons (Fsp3) is 0.222. The van der Waals surface area contributed by atoms with E-state index in [1.165, 1.54) is 18.2 Å². The van der Waals surface area contributed by atoms with Gasteiger partial charge in [0, 0.05) is 6.07 Å². The van der Waals surface area contributed by atoms with E-state index < -0.39 is 11.6 Å². The molecular formula is C9H10F2N2O. The minimum atomic E-state index is -0.537. The van der Waals surface area contributed by atoms with Crippen molar-refractivity contribution in [1.29, 1.82) is 0 Å². The van der Waals surface area contributed by atoms with E-state index >= 15 is 0 Å². The molecule has 0 aliphatic carbocycles. The zero-order valence-electron chi connectivity index (χ0n) is 7.41. The summed E-state index contributed by atoms with van der Waals surface area (Å²) in [6.45, 7) is 1.39. The lowest BCUT2D eigenvalue weighted by atomic mass is 10.3. The highest BCUT2D eigenvalue weighted by Gasteiger charge is 1.97. The van der Waals surface area contributed by atoms with Gasteiger partial charge in [-0.2, -0.15) is 0 Å². The number of hydrogen-bond acceptors (Lipinski definition) is 3. The van der Waals surface area contributed by atoms with Gasteiger partial charge in [-0.25, -0.2) is 13.8 Å². The van der Waals surface area contributed by atoms with Crippen molar-refractivity contribution in [2.75, 3.05) is 13.2 Å². The number of ether oxygens (including phenoxy) is 1. The number of aliphatic imine (C=N–C) groups is 1. The molecule has 1 aliphatic rings. The monoisotopic (exact) mass is 200 g/mol. The molecule has 0 saturated carbocycles. The Hall–Kier alpha value is -1.65. The van der Waals surface area contributed by atoms with Gasteiger partial charge >= 0.3 is 0 Å². The summed E-state index contributed by atoms with van der Waals surface area (Å²) in [6, 6.07) is 4.88. The lowest BCUT2D eigenvalue weighted by Crippen LogP contribution is -2.10. The van der Waals surface area contributed by atoms with Crippen LogP contribution in [0.15, 0.2) is 29.3 Å². The number of nitrogens with two attached hydrogens (primary N) is 1. The van der Waals surface area contributed by atoms with Crippen molar-refractivity contribution in [2.45, 2.75) is 0 Å². The van der Waals surface area contributed by atoms with E-state index in [1.54, 1.807) is 0 Å². The summed E-state index contributed by atoms with van der Waals surface area (Å²) < 4.78 is 28.5. The van der Waals surface area contributed by atoms with Crippen LogP contribution in [0.5, 0.6) is 0 Å². The van der Waals surface area contributed by atoms with E-state index in [2.05, 4.69) is 9.73 Å². The third-order valence-corrected chi connectivity index (χ3v) is 1.40. The Balaban J connectivity index is 0.000000146. The number of nitrogens with zero attached hydrogens (tertiary/aromatic N) is 1. The molecule has 1 heterocycles. The largest absolute Gasteiger partial charge is 0.463 e. The zero-order chi connectivity index (χ0) is 10.4. The van der Waals surface area contributed by atoms with E-state index in [1.807, 2.05) is 0 Å². The van der Waals surface area contributed by atoms with E-state index in [0.29, 0.717) is 12.6 Å². The molecule has 0 atom stereocenters. The second kappa shape index (κ2) is 5.16. The van der Waals surface area contributed by atoms with Crippen LogP contribution >= 0.6 is 0 Å². The van der Waals surface area contributed by atoms with Gasteiger partial charge in [0.1, 0.15) is 18.2 Å². The second-order valence-corrected chi connectivity index (χ2v) is 2.51. The second-order valence-electron chi connectivity index (χ2n) is 2.51. The van der Waals surface area contributed by atoms with Gasteiger partial charge in [0.25, 0.3) is 6.02 Å². The predicted octanol–water partition coefficient (Wildman–Crippen LogP) is 1.30. The number of amidine groups is 1. The molecule has 0 fully saturated rings. The minimum absolute atomic E-state index is 0.329. The zero-order valence-corrected chi connectivity index (χ0v) is 7.41. The van der Waals surface area contributed by atoms with Crippen LogP contribution in [0.3, 0.4) is 0 Å². The summed E-state index contributed by atoms with van der Waals surface area (Å²) in [5, 5.41) is 0. The quantitative estimate of drug-likeness (QED) is 0.686. The van der Waals surface area contributed by atoms with E-state index in [-0.39, 0.29) is 0 Å². The summed E-state index contributed by atoms with van der Waals surface area (Å²) in [7, 11) is 0. The molecule has 0 radical (unpaired) electrons. The smallest absolute Gasteiger partial charge is 0.282 e. The molecule has 1 aliphatic heterocycles. The lowest BCUT2D eigenvalue weighted by molar-refractivity contribution is 0.342. The van der Waals surface area contributed by atoms with Crippen molar-refractivity contribution in [1.82, 2.24) is 0 Å². The number of halogens is 2. The standard InChI is InChI=1S/C6H4F2.C3H6N2O/c7-5-2-1-3-6(8)4-5;4-3-5-1-2-6-3/h1-4H;1-2H2,(H2,4,5). The summed E-state index contributed by atoms with van der Waals surface area (Å²) in [5.41, 5.74) is 5.06. The third-order valence-electron chi connectivity index (χ3n) is 1.40. The molecule has 14 heavy (non-hydrogen) atoms. The van der Waals surface area contributed by atoms with Gasteiger partial charge in [-0.15, -0.1) is 0 Å². The highest BCUT2D eigenvalue weighted by molar-refractivity contribution is 5.72. The Bertz CT molecular complexity index is 311. The van der Waals surface area contributed by atoms with Crippen LogP contribution in [0, 0.1) is 11.6 Å². The Morgan fingerprint density at radius 2 is 1.93 bits per heavy atom. The maximum atomic E-state index is 11.9. The van der Waals surface area contributed by atoms with Crippen LogP contribution in [0.1, 0.15) is 0 Å². The summed E-state index contributed by atoms with van der Waals surface area (Å²) >= 11 is 0. The fourth-order valence-electron chi connectivity index (χ4n) is 0.812. The van der Waals surface area contributed by atoms with Gasteiger partial charge in [0.05, 0.1) is 6.54 Å². The molecule has 0 saturated heterocycles. The van der Waals surface area contributed by atoms with Crippen LogP contribution in [0.4, 0.5) is 8.78 Å². The van der Waals surface area contributed by atoms with Crippen molar-refractivity contribution < 1.29 is 13.5 Å². The molecule has 0 aromatic heterocycles. The molecule has 0 unspecified atom stereocenters. The minimum Gasteiger partial charge on any atom is -0.463 e. The van der Waals surface area contributed by atoms with Gasteiger partial charge in [-0.1, -0.05) is 6.07 Å². The Labute approximate surface area is 80.2 Å². The SMILES string of the molecule is Fc1cccc(F)c1.NC1=NCCO1. The third kappa shape index (κ3) is 3.84. The average molecular weight is 200 g/mol. The number of benzene rings is 1. The predicted molar refractivity (Wildman–Crippen MR) is 48.8 cm³/mol. The van der Waals surface area contributed by atoms with Crippen LogP contribution in [-0.4, -0.2) is 19.2 Å². The molecule has 0 spiro atoms. The molecule has 76 valence electrons. The van der Waals surface area contributed by atoms with Gasteiger partial charge in [0.2, 0.25) is 0 Å². The normalized spacial score (nSPS) is 13.7. The molecule has 2 rings (SSSR count). The van der Waals surface area contributed by atoms with E-state index in [0.717, 1.165) is 12.6 Å². The highest BCUT2D eigenvalue weighted by atomic mass is 19.1. The number of rotatable bonds is 0. The topological polar surface area (TPSA) is 47.6 Å². The van der Waals surface area contributed by atoms with Gasteiger partial charge in [-0.05, 0) is 12.1 Å². The molecule has 0 bridgehead atoms. The lowest BCUT2D eigenvalue weighted by Gasteiger charge is -1.86. The van der Waals surface area contributed by atoms with Crippen molar-refractivity contribution in [3.63, 3.8) is 0 Å². The molecule has 1 aromatic carbocycles. The van der Waals surface area contributed by atoms with Crippen molar-refractivity contribution in [3.05, 3.63) is 35.9 Å². The molecular weight excluding hydrogens is 190 g/mol. The average Bonchev–Trinajstić information content (AvgIpc) is 2.56. The first-order chi connectivity index (χ1) is 6.68. The first-order valence-corrected chi connectivity index (χ1v) is 4.02. The maximum Gasteiger partial charge on any atom is 0.282 e. The van der Waals surface area contributed by atoms with E-state index in [9.17, 15) is 8.78 Å². The van der Waals surface area contributed by atoms with Gasteiger partial charge < -0.3 is 10.5 Å². The fourth-order valence-corrected chi connectivity index (χ4v) is 0.812.